The lowest BCUT2D eigenvalue weighted by atomic mass is 10.1. The predicted octanol–water partition coefficient (Wildman–Crippen LogP) is 5.37. The molecule has 0 radical (unpaired) electrons. The molecule has 0 fully saturated rings. The van der Waals surface area contributed by atoms with E-state index in [0.717, 1.165) is 45.5 Å². The Morgan fingerprint density at radius 3 is 2.14 bits per heavy atom. The lowest BCUT2D eigenvalue weighted by molar-refractivity contribution is -0.131. The van der Waals surface area contributed by atoms with Gasteiger partial charge in [-0.25, -0.2) is 9.78 Å². The molecule has 176 valence electrons. The molecule has 0 amide bonds. The third-order valence-electron chi connectivity index (χ3n) is 5.24. The summed E-state index contributed by atoms with van der Waals surface area (Å²) < 4.78 is 10.6. The van der Waals surface area contributed by atoms with E-state index < -0.39 is 5.97 Å². The molecule has 1 heterocycles. The van der Waals surface area contributed by atoms with Gasteiger partial charge >= 0.3 is 5.97 Å². The second kappa shape index (κ2) is 10.5. The first-order chi connectivity index (χ1) is 16.9. The maximum Gasteiger partial charge on any atom is 0.328 e. The first-order valence-electron chi connectivity index (χ1n) is 10.8. The van der Waals surface area contributed by atoms with Crippen molar-refractivity contribution in [1.82, 2.24) is 15.0 Å². The highest BCUT2D eigenvalue weighted by Crippen LogP contribution is 2.28. The lowest BCUT2D eigenvalue weighted by Crippen LogP contribution is -2.04. The number of rotatable bonds is 8. The summed E-state index contributed by atoms with van der Waals surface area (Å²) in [6.07, 6.45) is 2.63. The number of aryl methyl sites for hydroxylation is 1. The molecule has 0 saturated heterocycles. The fourth-order valence-electron chi connectivity index (χ4n) is 3.41. The zero-order valence-corrected chi connectivity index (χ0v) is 19.5. The van der Waals surface area contributed by atoms with Crippen molar-refractivity contribution < 1.29 is 19.4 Å². The van der Waals surface area contributed by atoms with Crippen LogP contribution in [-0.2, 0) is 4.79 Å². The van der Waals surface area contributed by atoms with E-state index in [1.54, 1.807) is 14.2 Å². The number of benzene rings is 3. The molecule has 0 bridgehead atoms. The van der Waals surface area contributed by atoms with E-state index in [4.69, 9.17) is 19.6 Å². The van der Waals surface area contributed by atoms with Gasteiger partial charge in [0, 0.05) is 22.9 Å². The molecule has 1 aromatic heterocycles. The van der Waals surface area contributed by atoms with Gasteiger partial charge in [-0.1, -0.05) is 12.1 Å². The molecule has 0 aliphatic carbocycles. The fourth-order valence-corrected chi connectivity index (χ4v) is 3.41. The van der Waals surface area contributed by atoms with Gasteiger partial charge in [0.2, 0.25) is 5.95 Å². The minimum atomic E-state index is -0.996. The number of carboxylic acid groups (broad SMARTS) is 1. The molecule has 35 heavy (non-hydrogen) atoms. The average molecular weight is 469 g/mol. The van der Waals surface area contributed by atoms with Gasteiger partial charge in [0.15, 0.2) is 11.6 Å². The zero-order valence-electron chi connectivity index (χ0n) is 19.5. The number of carboxylic acids is 1. The predicted molar refractivity (Wildman–Crippen MR) is 135 cm³/mol. The average Bonchev–Trinajstić information content (AvgIpc) is 2.88. The molecule has 4 aromatic rings. The summed E-state index contributed by atoms with van der Waals surface area (Å²) in [7, 11) is 3.25. The van der Waals surface area contributed by atoms with Crippen LogP contribution in [0.5, 0.6) is 11.5 Å². The van der Waals surface area contributed by atoms with E-state index in [0.29, 0.717) is 17.6 Å². The Balaban J connectivity index is 1.73. The molecule has 0 atom stereocenters. The van der Waals surface area contributed by atoms with Gasteiger partial charge < -0.3 is 19.9 Å². The number of nitrogens with one attached hydrogen (secondary N) is 1. The molecule has 3 aromatic carbocycles. The molecular weight excluding hydrogens is 444 g/mol. The van der Waals surface area contributed by atoms with Crippen molar-refractivity contribution in [2.45, 2.75) is 6.92 Å². The van der Waals surface area contributed by atoms with Crippen molar-refractivity contribution in [3.63, 3.8) is 0 Å². The highest BCUT2D eigenvalue weighted by Gasteiger charge is 2.13. The summed E-state index contributed by atoms with van der Waals surface area (Å²) in [4.78, 5) is 24.8. The Morgan fingerprint density at radius 1 is 0.857 bits per heavy atom. The Kier molecular flexibility index (Phi) is 7.02. The largest absolute Gasteiger partial charge is 0.497 e. The number of aliphatic carboxylic acids is 1. The first kappa shape index (κ1) is 23.4. The van der Waals surface area contributed by atoms with E-state index in [1.165, 1.54) is 6.08 Å². The summed E-state index contributed by atoms with van der Waals surface area (Å²) in [6.45, 7) is 1.98. The van der Waals surface area contributed by atoms with Crippen molar-refractivity contribution in [2.24, 2.45) is 0 Å². The van der Waals surface area contributed by atoms with Crippen molar-refractivity contribution in [2.75, 3.05) is 19.5 Å². The summed E-state index contributed by atoms with van der Waals surface area (Å²) in [5.74, 6) is 1.91. The number of hydrogen-bond acceptors (Lipinski definition) is 7. The smallest absolute Gasteiger partial charge is 0.328 e. The van der Waals surface area contributed by atoms with Crippen LogP contribution < -0.4 is 14.8 Å². The van der Waals surface area contributed by atoms with Crippen LogP contribution in [0.3, 0.4) is 0 Å². The van der Waals surface area contributed by atoms with Crippen LogP contribution in [0.15, 0.2) is 72.8 Å². The first-order valence-corrected chi connectivity index (χ1v) is 10.8. The summed E-state index contributed by atoms with van der Waals surface area (Å²) in [5.41, 5.74) is 4.17. The zero-order chi connectivity index (χ0) is 24.8. The van der Waals surface area contributed by atoms with Gasteiger partial charge in [-0.05, 0) is 78.7 Å². The van der Waals surface area contributed by atoms with Gasteiger partial charge in [0.05, 0.1) is 14.2 Å². The summed E-state index contributed by atoms with van der Waals surface area (Å²) in [5, 5.41) is 12.0. The molecule has 2 N–H and O–H groups in total. The lowest BCUT2D eigenvalue weighted by Gasteiger charge is -2.12. The van der Waals surface area contributed by atoms with Crippen molar-refractivity contribution in [3.05, 3.63) is 83.9 Å². The summed E-state index contributed by atoms with van der Waals surface area (Å²) >= 11 is 0. The van der Waals surface area contributed by atoms with Crippen LogP contribution in [0.2, 0.25) is 0 Å². The Hall–Kier alpha value is -4.72. The molecule has 0 spiro atoms. The maximum atomic E-state index is 10.7. The second-order valence-electron chi connectivity index (χ2n) is 7.63. The maximum absolute atomic E-state index is 10.7. The quantitative estimate of drug-likeness (QED) is 0.332. The van der Waals surface area contributed by atoms with Crippen LogP contribution in [0.25, 0.3) is 28.9 Å². The van der Waals surface area contributed by atoms with Crippen LogP contribution in [-0.4, -0.2) is 40.2 Å². The monoisotopic (exact) mass is 468 g/mol. The Morgan fingerprint density at radius 2 is 1.51 bits per heavy atom. The number of aromatic nitrogens is 3. The molecule has 0 aliphatic heterocycles. The van der Waals surface area contributed by atoms with Crippen molar-refractivity contribution in [3.8, 4) is 34.3 Å². The van der Waals surface area contributed by atoms with Gasteiger partial charge in [-0.2, -0.15) is 9.97 Å². The van der Waals surface area contributed by atoms with E-state index >= 15 is 0 Å². The minimum absolute atomic E-state index is 0.380. The molecule has 8 nitrogen and oxygen atoms in total. The highest BCUT2D eigenvalue weighted by molar-refractivity contribution is 5.85. The molecule has 0 aliphatic rings. The number of ether oxygens (including phenoxy) is 2. The van der Waals surface area contributed by atoms with Crippen LogP contribution in [0, 0.1) is 6.92 Å². The second-order valence-corrected chi connectivity index (χ2v) is 7.63. The molecule has 4 rings (SSSR count). The van der Waals surface area contributed by atoms with Gasteiger partial charge in [0.25, 0.3) is 0 Å². The van der Waals surface area contributed by atoms with E-state index in [9.17, 15) is 4.79 Å². The van der Waals surface area contributed by atoms with E-state index in [2.05, 4.69) is 15.3 Å². The number of carbonyl (C=O) groups is 1. The fraction of sp³-hybridized carbons (Fsp3) is 0.111. The van der Waals surface area contributed by atoms with E-state index in [-0.39, 0.29) is 0 Å². The molecule has 0 unspecified atom stereocenters. The standard InChI is InChI=1S/C27H24N4O4/c1-17-16-22(35-3)13-14-23(17)26-29-25(19-7-11-21(34-2)12-8-19)30-27(31-26)28-20-9-4-18(5-10-20)6-15-24(32)33/h4-16H,1-3H3,(H,32,33)(H,28,29,30,31)/b15-6+. The Bertz CT molecular complexity index is 1370. The number of anilines is 2. The SMILES string of the molecule is COc1ccc(-c2nc(Nc3ccc(/C=C/C(=O)O)cc3)nc(-c3ccc(OC)cc3C)n2)cc1. The molecule has 8 heteroatoms. The minimum Gasteiger partial charge on any atom is -0.497 e. The number of nitrogens with zero attached hydrogens (tertiary/aromatic N) is 3. The van der Waals surface area contributed by atoms with Gasteiger partial charge in [0.1, 0.15) is 11.5 Å². The number of methoxy groups -OCH3 is 2. The van der Waals surface area contributed by atoms with E-state index in [1.807, 2.05) is 73.7 Å². The summed E-state index contributed by atoms with van der Waals surface area (Å²) in [6, 6.07) is 20.5. The van der Waals surface area contributed by atoms with Crippen molar-refractivity contribution in [1.29, 1.82) is 0 Å². The highest BCUT2D eigenvalue weighted by atomic mass is 16.5. The van der Waals surface area contributed by atoms with Gasteiger partial charge in [-0.3, -0.25) is 0 Å². The Labute approximate surface area is 202 Å². The van der Waals surface area contributed by atoms with Crippen LogP contribution >= 0.6 is 0 Å². The molecular formula is C27H24N4O4. The van der Waals surface area contributed by atoms with Crippen LogP contribution in [0.1, 0.15) is 11.1 Å². The third kappa shape index (κ3) is 5.80. The third-order valence-corrected chi connectivity index (χ3v) is 5.24. The van der Waals surface area contributed by atoms with Crippen LogP contribution in [0.4, 0.5) is 11.6 Å². The number of hydrogen-bond donors (Lipinski definition) is 2. The van der Waals surface area contributed by atoms with Gasteiger partial charge in [-0.15, -0.1) is 0 Å². The normalized spacial score (nSPS) is 10.8. The topological polar surface area (TPSA) is 106 Å². The van der Waals surface area contributed by atoms with Crippen molar-refractivity contribution >= 4 is 23.7 Å². The molecule has 0 saturated carbocycles.